The number of hydrogen-bond acceptors (Lipinski definition) is 1. The Kier molecular flexibility index (Phi) is 3.85. The summed E-state index contributed by atoms with van der Waals surface area (Å²) < 4.78 is 69.4. The zero-order valence-corrected chi connectivity index (χ0v) is 8.58. The molecule has 0 aliphatic rings. The van der Waals surface area contributed by atoms with Gasteiger partial charge in [0.2, 0.25) is 5.82 Å². The number of rotatable bonds is 3. The predicted octanol–water partition coefficient (Wildman–Crippen LogP) is 3.48. The minimum atomic E-state index is -2.16. The van der Waals surface area contributed by atoms with Gasteiger partial charge in [0.1, 0.15) is 0 Å². The van der Waals surface area contributed by atoms with Gasteiger partial charge in [0, 0.05) is 6.61 Å². The van der Waals surface area contributed by atoms with Crippen LogP contribution in [0.1, 0.15) is 25.5 Å². The summed E-state index contributed by atoms with van der Waals surface area (Å²) in [5.74, 6) is -9.78. The van der Waals surface area contributed by atoms with Gasteiger partial charge in [-0.15, -0.1) is 0 Å². The molecule has 1 nitrogen and oxygen atoms in total. The maximum absolute atomic E-state index is 13.2. The van der Waals surface area contributed by atoms with Gasteiger partial charge in [-0.05, 0) is 13.8 Å². The van der Waals surface area contributed by atoms with Crippen LogP contribution in [0.2, 0.25) is 0 Å². The van der Waals surface area contributed by atoms with Crippen molar-refractivity contribution < 1.29 is 26.7 Å². The van der Waals surface area contributed by atoms with Gasteiger partial charge in [-0.1, -0.05) is 0 Å². The highest BCUT2D eigenvalue weighted by molar-refractivity contribution is 5.25. The predicted molar refractivity (Wildman–Crippen MR) is 46.3 cm³/mol. The van der Waals surface area contributed by atoms with Crippen LogP contribution in [0.25, 0.3) is 0 Å². The van der Waals surface area contributed by atoms with Crippen molar-refractivity contribution in [3.63, 3.8) is 0 Å². The molecule has 0 heterocycles. The molecular weight excluding hydrogens is 231 g/mol. The average molecular weight is 240 g/mol. The molecule has 16 heavy (non-hydrogen) atoms. The lowest BCUT2D eigenvalue weighted by Gasteiger charge is -2.14. The molecule has 6 heteroatoms. The van der Waals surface area contributed by atoms with E-state index in [9.17, 15) is 22.0 Å². The maximum atomic E-state index is 13.2. The fourth-order valence-corrected chi connectivity index (χ4v) is 1.31. The summed E-state index contributed by atoms with van der Waals surface area (Å²) >= 11 is 0. The van der Waals surface area contributed by atoms with Crippen molar-refractivity contribution in [3.8, 4) is 0 Å². The van der Waals surface area contributed by atoms with Gasteiger partial charge in [-0.2, -0.15) is 0 Å². The molecule has 0 aliphatic heterocycles. The average Bonchev–Trinajstić information content (AvgIpc) is 2.24. The normalized spacial score (nSPS) is 12.9. The highest BCUT2D eigenvalue weighted by Crippen LogP contribution is 2.29. The molecule has 0 N–H and O–H groups in total. The van der Waals surface area contributed by atoms with Crippen molar-refractivity contribution in [2.75, 3.05) is 6.61 Å². The second kappa shape index (κ2) is 4.78. The molecular formula is C10H9F5O. The maximum Gasteiger partial charge on any atom is 0.200 e. The van der Waals surface area contributed by atoms with Gasteiger partial charge in [0.05, 0.1) is 11.7 Å². The number of hydrogen-bond donors (Lipinski definition) is 0. The van der Waals surface area contributed by atoms with Crippen LogP contribution in [0, 0.1) is 29.1 Å². The number of halogens is 5. The highest BCUT2D eigenvalue weighted by atomic mass is 19.2. The summed E-state index contributed by atoms with van der Waals surface area (Å²) in [4.78, 5) is 0. The van der Waals surface area contributed by atoms with Crippen molar-refractivity contribution in [2.45, 2.75) is 20.0 Å². The zero-order chi connectivity index (χ0) is 12.5. The van der Waals surface area contributed by atoms with Crippen LogP contribution in [-0.2, 0) is 4.74 Å². The summed E-state index contributed by atoms with van der Waals surface area (Å²) in [6, 6.07) is 0. The van der Waals surface area contributed by atoms with E-state index >= 15 is 0 Å². The summed E-state index contributed by atoms with van der Waals surface area (Å²) in [6.45, 7) is 2.85. The van der Waals surface area contributed by atoms with E-state index in [-0.39, 0.29) is 6.61 Å². The Labute approximate surface area is 88.8 Å². The third kappa shape index (κ3) is 2.02. The third-order valence-corrected chi connectivity index (χ3v) is 2.07. The molecule has 90 valence electrons. The van der Waals surface area contributed by atoms with E-state index in [1.807, 2.05) is 0 Å². The molecule has 0 bridgehead atoms. The van der Waals surface area contributed by atoms with Crippen molar-refractivity contribution in [2.24, 2.45) is 0 Å². The second-order valence-corrected chi connectivity index (χ2v) is 3.08. The molecule has 0 aromatic heterocycles. The van der Waals surface area contributed by atoms with Crippen LogP contribution in [0.15, 0.2) is 0 Å². The molecule has 0 saturated carbocycles. The molecule has 0 fully saturated rings. The standard InChI is InChI=1S/C10H9F5O/c1-3-16-4(2)5-6(11)8(13)10(15)9(14)7(5)12/h4H,3H2,1-2H3. The molecule has 0 amide bonds. The third-order valence-electron chi connectivity index (χ3n) is 2.07. The van der Waals surface area contributed by atoms with E-state index in [4.69, 9.17) is 4.74 Å². The molecule has 1 aromatic rings. The molecule has 0 saturated heterocycles. The van der Waals surface area contributed by atoms with E-state index in [1.54, 1.807) is 6.92 Å². The first-order valence-electron chi connectivity index (χ1n) is 4.54. The summed E-state index contributed by atoms with van der Waals surface area (Å²) in [6.07, 6.45) is -1.20. The topological polar surface area (TPSA) is 9.23 Å². The zero-order valence-electron chi connectivity index (χ0n) is 8.58. The van der Waals surface area contributed by atoms with E-state index in [1.165, 1.54) is 6.92 Å². The van der Waals surface area contributed by atoms with Crippen LogP contribution >= 0.6 is 0 Å². The fraction of sp³-hybridized carbons (Fsp3) is 0.400. The lowest BCUT2D eigenvalue weighted by molar-refractivity contribution is 0.0693. The van der Waals surface area contributed by atoms with Gasteiger partial charge >= 0.3 is 0 Å². The first-order valence-corrected chi connectivity index (χ1v) is 4.54. The Hall–Kier alpha value is -1.17. The van der Waals surface area contributed by atoms with E-state index in [2.05, 4.69) is 0 Å². The van der Waals surface area contributed by atoms with Gasteiger partial charge in [-0.3, -0.25) is 0 Å². The Morgan fingerprint density at radius 1 is 0.875 bits per heavy atom. The van der Waals surface area contributed by atoms with E-state index in [0.29, 0.717) is 0 Å². The van der Waals surface area contributed by atoms with Crippen molar-refractivity contribution >= 4 is 0 Å². The number of ether oxygens (including phenoxy) is 1. The van der Waals surface area contributed by atoms with Crippen molar-refractivity contribution in [3.05, 3.63) is 34.6 Å². The highest BCUT2D eigenvalue weighted by Gasteiger charge is 2.28. The lowest BCUT2D eigenvalue weighted by atomic mass is 10.1. The molecule has 1 unspecified atom stereocenters. The molecule has 1 atom stereocenters. The Morgan fingerprint density at radius 2 is 1.25 bits per heavy atom. The molecule has 0 spiro atoms. The summed E-state index contributed by atoms with van der Waals surface area (Å²) in [5, 5.41) is 0. The Balaban J connectivity index is 3.39. The van der Waals surface area contributed by atoms with Crippen LogP contribution in [0.3, 0.4) is 0 Å². The van der Waals surface area contributed by atoms with Crippen LogP contribution in [-0.4, -0.2) is 6.61 Å². The largest absolute Gasteiger partial charge is 0.374 e. The van der Waals surface area contributed by atoms with Gasteiger partial charge in [0.25, 0.3) is 0 Å². The molecule has 1 aromatic carbocycles. The summed E-state index contributed by atoms with van der Waals surface area (Å²) in [7, 11) is 0. The summed E-state index contributed by atoms with van der Waals surface area (Å²) in [5.41, 5.74) is -0.946. The quantitative estimate of drug-likeness (QED) is 0.446. The first kappa shape index (κ1) is 12.9. The monoisotopic (exact) mass is 240 g/mol. The van der Waals surface area contributed by atoms with Gasteiger partial charge < -0.3 is 4.74 Å². The lowest BCUT2D eigenvalue weighted by Crippen LogP contribution is -2.11. The van der Waals surface area contributed by atoms with Crippen molar-refractivity contribution in [1.29, 1.82) is 0 Å². The molecule has 0 radical (unpaired) electrons. The second-order valence-electron chi connectivity index (χ2n) is 3.08. The SMILES string of the molecule is CCOC(C)c1c(F)c(F)c(F)c(F)c1F. The molecule has 1 rings (SSSR count). The fourth-order valence-electron chi connectivity index (χ4n) is 1.31. The molecule has 0 aliphatic carbocycles. The smallest absolute Gasteiger partial charge is 0.200 e. The minimum absolute atomic E-state index is 0.0979. The van der Waals surface area contributed by atoms with Gasteiger partial charge in [0.15, 0.2) is 23.3 Å². The van der Waals surface area contributed by atoms with Crippen molar-refractivity contribution in [1.82, 2.24) is 0 Å². The van der Waals surface area contributed by atoms with E-state index in [0.717, 1.165) is 0 Å². The van der Waals surface area contributed by atoms with Crippen LogP contribution in [0.5, 0.6) is 0 Å². The van der Waals surface area contributed by atoms with Gasteiger partial charge in [-0.25, -0.2) is 22.0 Å². The first-order chi connectivity index (χ1) is 7.41. The van der Waals surface area contributed by atoms with Crippen LogP contribution < -0.4 is 0 Å². The Bertz CT molecular complexity index is 376. The van der Waals surface area contributed by atoms with Crippen LogP contribution in [0.4, 0.5) is 22.0 Å². The minimum Gasteiger partial charge on any atom is -0.374 e. The van der Waals surface area contributed by atoms with E-state index < -0.39 is 40.8 Å². The number of benzene rings is 1. The Morgan fingerprint density at radius 3 is 1.62 bits per heavy atom.